The number of quaternary nitrogens is 1. The number of hydrogen-bond donors (Lipinski definition) is 0. The summed E-state index contributed by atoms with van der Waals surface area (Å²) in [6.07, 6.45) is 31.0. The standard InChI is InChI=1S/C38H76NO4/c1-6-9-12-14-21-28-35-42-37(40)31-24-17-15-19-26-33-39(4,5)34-27-20-16-18-25-32-38(41)43-36(29-22-11-8-3)30-23-13-10-7-2/h36H,6-35H2,1-5H3/q+1. The number of ether oxygens (including phenoxy) is 2. The highest BCUT2D eigenvalue weighted by Gasteiger charge is 2.15. The van der Waals surface area contributed by atoms with E-state index in [0.717, 1.165) is 49.4 Å². The third kappa shape index (κ3) is 30.7. The van der Waals surface area contributed by atoms with E-state index in [0.29, 0.717) is 19.4 Å². The lowest BCUT2D eigenvalue weighted by Crippen LogP contribution is -2.41. The predicted molar refractivity (Wildman–Crippen MR) is 184 cm³/mol. The first-order chi connectivity index (χ1) is 20.8. The van der Waals surface area contributed by atoms with E-state index in [1.165, 1.54) is 129 Å². The molecule has 0 aliphatic heterocycles. The van der Waals surface area contributed by atoms with Crippen LogP contribution in [-0.2, 0) is 19.1 Å². The molecule has 0 aliphatic rings. The average Bonchev–Trinajstić information content (AvgIpc) is 2.97. The number of rotatable bonds is 33. The highest BCUT2D eigenvalue weighted by atomic mass is 16.5. The SMILES string of the molecule is CCCCCCCCOC(=O)CCCCCCC[N+](C)(C)CCCCCCCC(=O)OC(CCCCC)CCCCCC. The van der Waals surface area contributed by atoms with Gasteiger partial charge in [0.1, 0.15) is 6.10 Å². The number of carbonyl (C=O) groups is 2. The van der Waals surface area contributed by atoms with E-state index in [9.17, 15) is 9.59 Å². The van der Waals surface area contributed by atoms with E-state index in [1.807, 2.05) is 0 Å². The van der Waals surface area contributed by atoms with Crippen molar-refractivity contribution in [1.82, 2.24) is 0 Å². The molecule has 5 nitrogen and oxygen atoms in total. The number of esters is 2. The van der Waals surface area contributed by atoms with E-state index >= 15 is 0 Å². The molecule has 43 heavy (non-hydrogen) atoms. The third-order valence-electron chi connectivity index (χ3n) is 8.86. The van der Waals surface area contributed by atoms with Gasteiger partial charge in [-0.25, -0.2) is 0 Å². The van der Waals surface area contributed by atoms with Crippen LogP contribution in [-0.4, -0.2) is 56.3 Å². The average molecular weight is 611 g/mol. The van der Waals surface area contributed by atoms with Gasteiger partial charge in [-0.1, -0.05) is 111 Å². The lowest BCUT2D eigenvalue weighted by Gasteiger charge is -2.30. The molecule has 0 heterocycles. The van der Waals surface area contributed by atoms with Gasteiger partial charge in [-0.3, -0.25) is 9.59 Å². The summed E-state index contributed by atoms with van der Waals surface area (Å²) in [5, 5.41) is 0. The zero-order valence-corrected chi connectivity index (χ0v) is 29.9. The van der Waals surface area contributed by atoms with Gasteiger partial charge >= 0.3 is 11.9 Å². The van der Waals surface area contributed by atoms with Crippen LogP contribution in [0.25, 0.3) is 0 Å². The van der Waals surface area contributed by atoms with Crippen molar-refractivity contribution in [3.8, 4) is 0 Å². The Kier molecular flexibility index (Phi) is 30.1. The second-order valence-electron chi connectivity index (χ2n) is 13.9. The van der Waals surface area contributed by atoms with Crippen molar-refractivity contribution in [2.75, 3.05) is 33.8 Å². The molecule has 0 aliphatic carbocycles. The van der Waals surface area contributed by atoms with Crippen molar-refractivity contribution in [3.63, 3.8) is 0 Å². The first-order valence-corrected chi connectivity index (χ1v) is 19.0. The first kappa shape index (κ1) is 41.9. The minimum absolute atomic E-state index is 0.00842. The first-order valence-electron chi connectivity index (χ1n) is 19.0. The maximum Gasteiger partial charge on any atom is 0.306 e. The molecule has 0 aromatic heterocycles. The largest absolute Gasteiger partial charge is 0.466 e. The second-order valence-corrected chi connectivity index (χ2v) is 13.9. The number of nitrogens with zero attached hydrogens (tertiary/aromatic N) is 1. The summed E-state index contributed by atoms with van der Waals surface area (Å²) in [4.78, 5) is 24.3. The molecule has 0 spiro atoms. The van der Waals surface area contributed by atoms with Crippen LogP contribution in [0.15, 0.2) is 0 Å². The number of unbranched alkanes of at least 4 members (excludes halogenated alkanes) is 18. The molecule has 1 unspecified atom stereocenters. The van der Waals surface area contributed by atoms with E-state index in [2.05, 4.69) is 34.9 Å². The Morgan fingerprint density at radius 3 is 1.44 bits per heavy atom. The van der Waals surface area contributed by atoms with Gasteiger partial charge in [-0.05, 0) is 70.6 Å². The fraction of sp³-hybridized carbons (Fsp3) is 0.947. The summed E-state index contributed by atoms with van der Waals surface area (Å²) in [5.74, 6) is 0.0177. The minimum atomic E-state index is -0.00842. The summed E-state index contributed by atoms with van der Waals surface area (Å²) >= 11 is 0. The molecule has 1 atom stereocenters. The van der Waals surface area contributed by atoms with Gasteiger partial charge < -0.3 is 14.0 Å². The van der Waals surface area contributed by atoms with Gasteiger partial charge in [-0.2, -0.15) is 0 Å². The molecule has 256 valence electrons. The van der Waals surface area contributed by atoms with E-state index < -0.39 is 0 Å². The van der Waals surface area contributed by atoms with Crippen LogP contribution in [0.5, 0.6) is 0 Å². The molecule has 5 heteroatoms. The van der Waals surface area contributed by atoms with Gasteiger partial charge in [0.2, 0.25) is 0 Å². The zero-order chi connectivity index (χ0) is 31.9. The molecule has 0 saturated carbocycles. The fourth-order valence-corrected chi connectivity index (χ4v) is 5.86. The molecule has 0 rings (SSSR count). The normalized spacial score (nSPS) is 12.4. The van der Waals surface area contributed by atoms with Crippen LogP contribution in [0.2, 0.25) is 0 Å². The highest BCUT2D eigenvalue weighted by molar-refractivity contribution is 5.69. The Hall–Kier alpha value is -1.10. The predicted octanol–water partition coefficient (Wildman–Crippen LogP) is 11.1. The Bertz CT molecular complexity index is 621. The molecule has 0 aromatic rings. The molecule has 0 bridgehead atoms. The lowest BCUT2D eigenvalue weighted by molar-refractivity contribution is -0.890. The molecule has 0 fully saturated rings. The smallest absolute Gasteiger partial charge is 0.306 e. The van der Waals surface area contributed by atoms with Crippen LogP contribution >= 0.6 is 0 Å². The molecular weight excluding hydrogens is 534 g/mol. The van der Waals surface area contributed by atoms with Crippen LogP contribution in [0.1, 0.15) is 194 Å². The summed E-state index contributed by atoms with van der Waals surface area (Å²) < 4.78 is 12.4. The Morgan fingerprint density at radius 2 is 0.884 bits per heavy atom. The fourth-order valence-electron chi connectivity index (χ4n) is 5.86. The van der Waals surface area contributed by atoms with Crippen LogP contribution in [0.4, 0.5) is 0 Å². The molecule has 0 radical (unpaired) electrons. The molecule has 0 amide bonds. The van der Waals surface area contributed by atoms with Gasteiger partial charge in [0.15, 0.2) is 0 Å². The van der Waals surface area contributed by atoms with Gasteiger partial charge in [0.25, 0.3) is 0 Å². The van der Waals surface area contributed by atoms with Crippen molar-refractivity contribution in [3.05, 3.63) is 0 Å². The van der Waals surface area contributed by atoms with Crippen LogP contribution < -0.4 is 0 Å². The van der Waals surface area contributed by atoms with Crippen LogP contribution in [0.3, 0.4) is 0 Å². The number of hydrogen-bond acceptors (Lipinski definition) is 4. The Labute approximate surface area is 269 Å². The summed E-state index contributed by atoms with van der Waals surface area (Å²) in [6.45, 7) is 9.76. The summed E-state index contributed by atoms with van der Waals surface area (Å²) in [5.41, 5.74) is 0. The topological polar surface area (TPSA) is 52.6 Å². The van der Waals surface area contributed by atoms with Gasteiger partial charge in [0.05, 0.1) is 33.8 Å². The van der Waals surface area contributed by atoms with E-state index in [4.69, 9.17) is 9.47 Å². The second kappa shape index (κ2) is 30.9. The van der Waals surface area contributed by atoms with Crippen molar-refractivity contribution >= 4 is 11.9 Å². The third-order valence-corrected chi connectivity index (χ3v) is 8.86. The quantitative estimate of drug-likeness (QED) is 0.0421. The highest BCUT2D eigenvalue weighted by Crippen LogP contribution is 2.17. The van der Waals surface area contributed by atoms with Gasteiger partial charge in [-0.15, -0.1) is 0 Å². The summed E-state index contributed by atoms with van der Waals surface area (Å²) in [7, 11) is 4.71. The molecule has 0 saturated heterocycles. The monoisotopic (exact) mass is 611 g/mol. The molecule has 0 N–H and O–H groups in total. The van der Waals surface area contributed by atoms with Crippen molar-refractivity contribution in [1.29, 1.82) is 0 Å². The van der Waals surface area contributed by atoms with Crippen molar-refractivity contribution in [2.24, 2.45) is 0 Å². The lowest BCUT2D eigenvalue weighted by atomic mass is 10.0. The molecular formula is C38H76NO4+. The summed E-state index contributed by atoms with van der Waals surface area (Å²) in [6, 6.07) is 0. The number of carbonyl (C=O) groups excluding carboxylic acids is 2. The minimum Gasteiger partial charge on any atom is -0.466 e. The van der Waals surface area contributed by atoms with E-state index in [-0.39, 0.29) is 18.0 Å². The van der Waals surface area contributed by atoms with Crippen molar-refractivity contribution < 1.29 is 23.5 Å². The van der Waals surface area contributed by atoms with E-state index in [1.54, 1.807) is 0 Å². The Morgan fingerprint density at radius 1 is 0.488 bits per heavy atom. The maximum absolute atomic E-state index is 12.4. The Balaban J connectivity index is 3.73. The van der Waals surface area contributed by atoms with Crippen molar-refractivity contribution in [2.45, 2.75) is 200 Å². The maximum atomic E-state index is 12.4. The molecule has 0 aromatic carbocycles. The zero-order valence-electron chi connectivity index (χ0n) is 29.9. The van der Waals surface area contributed by atoms with Gasteiger partial charge in [0, 0.05) is 12.8 Å². The van der Waals surface area contributed by atoms with Crippen LogP contribution in [0, 0.1) is 0 Å².